The van der Waals surface area contributed by atoms with Gasteiger partial charge in [0, 0.05) is 58.5 Å². The summed E-state index contributed by atoms with van der Waals surface area (Å²) in [6.45, 7) is 14.6. The molecule has 7 nitrogen and oxygen atoms in total. The lowest BCUT2D eigenvalue weighted by atomic mass is 9.84. The van der Waals surface area contributed by atoms with Gasteiger partial charge in [0.1, 0.15) is 0 Å². The molecule has 0 spiro atoms. The number of fused-ring (bicyclic) bond motifs is 1. The molecular formula is C23H34N5O2S. The van der Waals surface area contributed by atoms with Gasteiger partial charge in [-0.05, 0) is 23.6 Å². The largest absolute Gasteiger partial charge is 0.379 e. The molecule has 2 aliphatic heterocycles. The number of hydrogen-bond donors (Lipinski definition) is 0. The lowest BCUT2D eigenvalue weighted by Crippen LogP contribution is -2.57. The summed E-state index contributed by atoms with van der Waals surface area (Å²) in [5, 5.41) is 1.04. The van der Waals surface area contributed by atoms with Crippen molar-refractivity contribution >= 4 is 38.8 Å². The monoisotopic (exact) mass is 444 g/mol. The van der Waals surface area contributed by atoms with E-state index in [1.165, 1.54) is 10.4 Å². The SMILES string of the molecule is CN(CCN1CCOCC1)c1ccc2nc(N3CCN([C]=O)C(C(C)(C)C)C3)sc2c1. The Morgan fingerprint density at radius 1 is 1.23 bits per heavy atom. The maximum Gasteiger partial charge on any atom is 0.312 e. The molecule has 0 saturated carbocycles. The number of amides is 1. The minimum Gasteiger partial charge on any atom is -0.379 e. The molecule has 8 heteroatoms. The third-order valence-corrected chi connectivity index (χ3v) is 7.50. The molecule has 3 heterocycles. The normalized spacial score (nSPS) is 21.0. The van der Waals surface area contributed by atoms with Gasteiger partial charge in [0.15, 0.2) is 5.13 Å². The second kappa shape index (κ2) is 9.30. The summed E-state index contributed by atoms with van der Waals surface area (Å²) in [6, 6.07) is 6.69. The van der Waals surface area contributed by atoms with Crippen molar-refractivity contribution in [3.8, 4) is 0 Å². The van der Waals surface area contributed by atoms with E-state index in [9.17, 15) is 4.79 Å². The van der Waals surface area contributed by atoms with Crippen LogP contribution in [0.2, 0.25) is 0 Å². The highest BCUT2D eigenvalue weighted by Crippen LogP contribution is 2.34. The zero-order chi connectivity index (χ0) is 22.0. The fourth-order valence-corrected chi connectivity index (χ4v) is 5.36. The average molecular weight is 445 g/mol. The number of ether oxygens (including phenoxy) is 1. The lowest BCUT2D eigenvalue weighted by molar-refractivity contribution is 0.0393. The number of morpholine rings is 1. The topological polar surface area (TPSA) is 52.2 Å². The van der Waals surface area contributed by atoms with E-state index >= 15 is 0 Å². The summed E-state index contributed by atoms with van der Waals surface area (Å²) in [5.74, 6) is 0. The van der Waals surface area contributed by atoms with Crippen molar-refractivity contribution in [2.24, 2.45) is 5.41 Å². The third kappa shape index (κ3) is 5.13. The first-order valence-electron chi connectivity index (χ1n) is 11.2. The molecule has 2 saturated heterocycles. The number of anilines is 2. The minimum atomic E-state index is 0.00310. The number of thiazole rings is 1. The zero-order valence-electron chi connectivity index (χ0n) is 19.1. The van der Waals surface area contributed by atoms with E-state index in [1.807, 2.05) is 4.90 Å². The van der Waals surface area contributed by atoms with Gasteiger partial charge in [0.05, 0.1) is 29.5 Å². The van der Waals surface area contributed by atoms with E-state index in [1.54, 1.807) is 11.3 Å². The Labute approximate surface area is 189 Å². The van der Waals surface area contributed by atoms with Gasteiger partial charge in [0.2, 0.25) is 0 Å². The van der Waals surface area contributed by atoms with Gasteiger partial charge in [0.25, 0.3) is 0 Å². The highest BCUT2D eigenvalue weighted by Gasteiger charge is 2.36. The molecule has 31 heavy (non-hydrogen) atoms. The fourth-order valence-electron chi connectivity index (χ4n) is 4.33. The maximum atomic E-state index is 11.4. The maximum absolute atomic E-state index is 11.4. The molecule has 0 bridgehead atoms. The molecule has 1 aromatic heterocycles. The molecule has 169 valence electrons. The van der Waals surface area contributed by atoms with E-state index in [4.69, 9.17) is 9.72 Å². The summed E-state index contributed by atoms with van der Waals surface area (Å²) in [6.07, 6.45) is 2.14. The van der Waals surface area contributed by atoms with Crippen LogP contribution in [0.25, 0.3) is 10.2 Å². The van der Waals surface area contributed by atoms with E-state index in [2.05, 4.69) is 67.1 Å². The number of piperazine rings is 1. The van der Waals surface area contributed by atoms with E-state index < -0.39 is 0 Å². The Kier molecular flexibility index (Phi) is 6.69. The van der Waals surface area contributed by atoms with Crippen molar-refractivity contribution in [2.45, 2.75) is 26.8 Å². The number of nitrogens with zero attached hydrogens (tertiary/aromatic N) is 5. The van der Waals surface area contributed by atoms with Crippen molar-refractivity contribution in [1.29, 1.82) is 0 Å². The molecule has 2 fully saturated rings. The first kappa shape index (κ1) is 22.3. The Balaban J connectivity index is 1.45. The van der Waals surface area contributed by atoms with Crippen molar-refractivity contribution < 1.29 is 9.53 Å². The van der Waals surface area contributed by atoms with Crippen molar-refractivity contribution in [1.82, 2.24) is 14.8 Å². The van der Waals surface area contributed by atoms with E-state index in [0.29, 0.717) is 6.54 Å². The molecular weight excluding hydrogens is 410 g/mol. The standard InChI is InChI=1S/C23H34N5O2S/c1-23(2,3)21-16-27(9-10-28(21)17-29)22-24-19-6-5-18(15-20(19)31-22)25(4)7-8-26-11-13-30-14-12-26/h5-6,15,21H,7-14,16H2,1-4H3. The van der Waals surface area contributed by atoms with Gasteiger partial charge in [-0.2, -0.15) is 0 Å². The van der Waals surface area contributed by atoms with Crippen LogP contribution in [0.3, 0.4) is 0 Å². The highest BCUT2D eigenvalue weighted by molar-refractivity contribution is 7.22. The Hall–Kier alpha value is -1.90. The van der Waals surface area contributed by atoms with Gasteiger partial charge >= 0.3 is 6.41 Å². The Morgan fingerprint density at radius 2 is 2.00 bits per heavy atom. The third-order valence-electron chi connectivity index (χ3n) is 6.42. The van der Waals surface area contributed by atoms with E-state index in [0.717, 1.165) is 63.1 Å². The molecule has 1 atom stereocenters. The van der Waals surface area contributed by atoms with Crippen LogP contribution in [0.1, 0.15) is 20.8 Å². The lowest BCUT2D eigenvalue weighted by Gasteiger charge is -2.45. The molecule has 1 radical (unpaired) electrons. The molecule has 4 rings (SSSR count). The Morgan fingerprint density at radius 3 is 2.71 bits per heavy atom. The predicted octanol–water partition coefficient (Wildman–Crippen LogP) is 2.67. The molecule has 1 aromatic carbocycles. The van der Waals surface area contributed by atoms with Crippen LogP contribution in [0.4, 0.5) is 10.8 Å². The first-order chi connectivity index (χ1) is 14.8. The number of carbonyl (C=O) groups excluding carboxylic acids is 1. The van der Waals surface area contributed by atoms with Crippen LogP contribution in [0.15, 0.2) is 18.2 Å². The van der Waals surface area contributed by atoms with Gasteiger partial charge < -0.3 is 19.4 Å². The quantitative estimate of drug-likeness (QED) is 0.683. The molecule has 1 amide bonds. The first-order valence-corrected chi connectivity index (χ1v) is 12.0. The smallest absolute Gasteiger partial charge is 0.312 e. The summed E-state index contributed by atoms with van der Waals surface area (Å²) in [4.78, 5) is 25.3. The number of hydrogen-bond acceptors (Lipinski definition) is 7. The van der Waals surface area contributed by atoms with Gasteiger partial charge in [-0.25, -0.2) is 4.98 Å². The summed E-state index contributed by atoms with van der Waals surface area (Å²) in [7, 11) is 2.16. The van der Waals surface area contributed by atoms with Gasteiger partial charge in [-0.3, -0.25) is 9.69 Å². The summed E-state index contributed by atoms with van der Waals surface area (Å²) >= 11 is 1.75. The zero-order valence-corrected chi connectivity index (χ0v) is 20.0. The second-order valence-electron chi connectivity index (χ2n) is 9.64. The summed E-state index contributed by atoms with van der Waals surface area (Å²) < 4.78 is 6.65. The second-order valence-corrected chi connectivity index (χ2v) is 10.6. The highest BCUT2D eigenvalue weighted by atomic mass is 32.1. The van der Waals surface area contributed by atoms with Crippen LogP contribution in [-0.4, -0.2) is 93.3 Å². The molecule has 2 aliphatic rings. The van der Waals surface area contributed by atoms with Crippen LogP contribution < -0.4 is 9.80 Å². The number of aromatic nitrogens is 1. The Bertz CT molecular complexity index is 890. The number of likely N-dealkylation sites (N-methyl/N-ethyl adjacent to an activating group) is 1. The predicted molar refractivity (Wildman–Crippen MR) is 128 cm³/mol. The fraction of sp³-hybridized carbons (Fsp3) is 0.652. The number of rotatable bonds is 6. The molecule has 0 N–H and O–H groups in total. The van der Waals surface area contributed by atoms with E-state index in [-0.39, 0.29) is 11.5 Å². The average Bonchev–Trinajstić information content (AvgIpc) is 3.20. The molecule has 1 unspecified atom stereocenters. The van der Waals surface area contributed by atoms with Crippen LogP contribution >= 0.6 is 11.3 Å². The van der Waals surface area contributed by atoms with Crippen LogP contribution in [0, 0.1) is 5.41 Å². The van der Waals surface area contributed by atoms with Gasteiger partial charge in [-0.1, -0.05) is 32.1 Å². The summed E-state index contributed by atoms with van der Waals surface area (Å²) in [5.41, 5.74) is 2.27. The van der Waals surface area contributed by atoms with Crippen LogP contribution in [0.5, 0.6) is 0 Å². The molecule has 0 aliphatic carbocycles. The van der Waals surface area contributed by atoms with Crippen molar-refractivity contribution in [3.63, 3.8) is 0 Å². The molecule has 2 aromatic rings. The minimum absolute atomic E-state index is 0.00310. The van der Waals surface area contributed by atoms with Crippen LogP contribution in [-0.2, 0) is 9.53 Å². The van der Waals surface area contributed by atoms with Gasteiger partial charge in [-0.15, -0.1) is 0 Å². The van der Waals surface area contributed by atoms with Crippen molar-refractivity contribution in [3.05, 3.63) is 18.2 Å². The number of benzene rings is 1. The van der Waals surface area contributed by atoms with Crippen molar-refractivity contribution in [2.75, 3.05) is 75.9 Å².